The fraction of sp³-hybridized carbons (Fsp3) is 0.368. The molecule has 2 nitrogen and oxygen atoms in total. The van der Waals surface area contributed by atoms with E-state index in [1.165, 1.54) is 29.7 Å². The Morgan fingerprint density at radius 2 is 1.86 bits per heavy atom. The molecule has 3 rings (SSSR count). The molecule has 0 unspecified atom stereocenters. The lowest BCUT2D eigenvalue weighted by Crippen LogP contribution is -2.33. The van der Waals surface area contributed by atoms with Crippen LogP contribution in [0.2, 0.25) is 0 Å². The molecule has 1 aliphatic carbocycles. The van der Waals surface area contributed by atoms with Gasteiger partial charge in [-0.05, 0) is 60.6 Å². The number of rotatable bonds is 5. The Morgan fingerprint density at radius 1 is 1.10 bits per heavy atom. The second-order valence-corrected chi connectivity index (χ2v) is 5.84. The van der Waals surface area contributed by atoms with Crippen LogP contribution in [0.4, 0.5) is 5.69 Å². The Balaban J connectivity index is 1.55. The zero-order valence-corrected chi connectivity index (χ0v) is 12.8. The van der Waals surface area contributed by atoms with Crippen molar-refractivity contribution >= 4 is 5.69 Å². The van der Waals surface area contributed by atoms with Gasteiger partial charge in [-0.15, -0.1) is 0 Å². The maximum Gasteiger partial charge on any atom is 0.119 e. The van der Waals surface area contributed by atoms with Crippen molar-refractivity contribution in [3.63, 3.8) is 0 Å². The van der Waals surface area contributed by atoms with Crippen molar-refractivity contribution in [2.75, 3.05) is 12.4 Å². The lowest BCUT2D eigenvalue weighted by molar-refractivity contribution is 0.370. The Labute approximate surface area is 127 Å². The van der Waals surface area contributed by atoms with E-state index in [0.29, 0.717) is 12.0 Å². The van der Waals surface area contributed by atoms with Gasteiger partial charge in [-0.3, -0.25) is 0 Å². The molecule has 0 aromatic heterocycles. The molecule has 0 aliphatic heterocycles. The summed E-state index contributed by atoms with van der Waals surface area (Å²) in [4.78, 5) is 0. The number of hydrogen-bond acceptors (Lipinski definition) is 2. The van der Waals surface area contributed by atoms with E-state index in [1.807, 2.05) is 6.07 Å². The normalized spacial score (nSPS) is 20.7. The van der Waals surface area contributed by atoms with Crippen molar-refractivity contribution in [1.29, 1.82) is 0 Å². The molecule has 110 valence electrons. The minimum absolute atomic E-state index is 0.591. The van der Waals surface area contributed by atoms with Gasteiger partial charge in [0.05, 0.1) is 7.11 Å². The quantitative estimate of drug-likeness (QED) is 0.863. The molecule has 1 N–H and O–H groups in total. The molecule has 0 radical (unpaired) electrons. The number of hydrogen-bond donors (Lipinski definition) is 1. The largest absolute Gasteiger partial charge is 0.497 e. The van der Waals surface area contributed by atoms with Crippen LogP contribution in [-0.2, 0) is 6.42 Å². The van der Waals surface area contributed by atoms with Gasteiger partial charge in [-0.1, -0.05) is 31.2 Å². The maximum absolute atomic E-state index is 5.30. The summed E-state index contributed by atoms with van der Waals surface area (Å²) in [6, 6.07) is 17.9. The van der Waals surface area contributed by atoms with Gasteiger partial charge in [0.2, 0.25) is 0 Å². The second-order valence-electron chi connectivity index (χ2n) is 5.84. The van der Waals surface area contributed by atoms with Crippen LogP contribution in [0.15, 0.2) is 48.5 Å². The van der Waals surface area contributed by atoms with Crippen LogP contribution < -0.4 is 10.1 Å². The van der Waals surface area contributed by atoms with Crippen LogP contribution in [0, 0.1) is 0 Å². The van der Waals surface area contributed by atoms with E-state index in [-0.39, 0.29) is 0 Å². The van der Waals surface area contributed by atoms with Gasteiger partial charge in [0.1, 0.15) is 5.75 Å². The van der Waals surface area contributed by atoms with Gasteiger partial charge < -0.3 is 10.1 Å². The highest BCUT2D eigenvalue weighted by Gasteiger charge is 2.30. The van der Waals surface area contributed by atoms with Crippen molar-refractivity contribution in [2.24, 2.45) is 0 Å². The summed E-state index contributed by atoms with van der Waals surface area (Å²) < 4.78 is 5.30. The Morgan fingerprint density at radius 3 is 2.52 bits per heavy atom. The van der Waals surface area contributed by atoms with Crippen molar-refractivity contribution < 1.29 is 4.74 Å². The highest BCUT2D eigenvalue weighted by atomic mass is 16.5. The molecule has 1 aliphatic rings. The van der Waals surface area contributed by atoms with Crippen LogP contribution in [-0.4, -0.2) is 13.2 Å². The molecule has 1 saturated carbocycles. The molecule has 21 heavy (non-hydrogen) atoms. The third-order valence-corrected chi connectivity index (χ3v) is 4.44. The first kappa shape index (κ1) is 14.0. The first-order valence-electron chi connectivity index (χ1n) is 7.78. The SMILES string of the molecule is CCc1ccc(NC2CC(c3cccc(OC)c3)C2)cc1. The van der Waals surface area contributed by atoms with Gasteiger partial charge >= 0.3 is 0 Å². The number of benzene rings is 2. The van der Waals surface area contributed by atoms with E-state index in [0.717, 1.165) is 12.2 Å². The van der Waals surface area contributed by atoms with Crippen LogP contribution >= 0.6 is 0 Å². The van der Waals surface area contributed by atoms with E-state index in [2.05, 4.69) is 54.7 Å². The number of nitrogens with one attached hydrogen (secondary N) is 1. The Hall–Kier alpha value is -1.96. The maximum atomic E-state index is 5.30. The lowest BCUT2D eigenvalue weighted by Gasteiger charge is -2.37. The second kappa shape index (κ2) is 6.21. The molecule has 0 heterocycles. The van der Waals surface area contributed by atoms with Gasteiger partial charge in [0, 0.05) is 11.7 Å². The molecule has 0 bridgehead atoms. The average molecular weight is 281 g/mol. The van der Waals surface area contributed by atoms with Gasteiger partial charge in [-0.25, -0.2) is 0 Å². The van der Waals surface area contributed by atoms with E-state index >= 15 is 0 Å². The van der Waals surface area contributed by atoms with E-state index in [4.69, 9.17) is 4.74 Å². The topological polar surface area (TPSA) is 21.3 Å². The van der Waals surface area contributed by atoms with Crippen LogP contribution in [0.5, 0.6) is 5.75 Å². The van der Waals surface area contributed by atoms with Crippen molar-refractivity contribution in [1.82, 2.24) is 0 Å². The molecule has 2 aromatic rings. The van der Waals surface area contributed by atoms with Crippen LogP contribution in [0.25, 0.3) is 0 Å². The molecule has 0 spiro atoms. The Kier molecular flexibility index (Phi) is 4.14. The summed E-state index contributed by atoms with van der Waals surface area (Å²) in [7, 11) is 1.73. The minimum atomic E-state index is 0.591. The summed E-state index contributed by atoms with van der Waals surface area (Å²) in [5, 5.41) is 3.63. The number of aryl methyl sites for hydroxylation is 1. The highest BCUT2D eigenvalue weighted by molar-refractivity contribution is 5.46. The van der Waals surface area contributed by atoms with Crippen molar-refractivity contribution in [3.8, 4) is 5.75 Å². The zero-order chi connectivity index (χ0) is 14.7. The van der Waals surface area contributed by atoms with E-state index in [1.54, 1.807) is 7.11 Å². The molecule has 2 heteroatoms. The highest BCUT2D eigenvalue weighted by Crippen LogP contribution is 2.39. The zero-order valence-electron chi connectivity index (χ0n) is 12.8. The molecule has 0 saturated heterocycles. The minimum Gasteiger partial charge on any atom is -0.497 e. The third kappa shape index (κ3) is 3.21. The van der Waals surface area contributed by atoms with Gasteiger partial charge in [-0.2, -0.15) is 0 Å². The summed E-state index contributed by atoms with van der Waals surface area (Å²) >= 11 is 0. The molecule has 1 fully saturated rings. The summed E-state index contributed by atoms with van der Waals surface area (Å²) in [6.07, 6.45) is 3.49. The van der Waals surface area contributed by atoms with E-state index in [9.17, 15) is 0 Å². The van der Waals surface area contributed by atoms with Crippen molar-refractivity contribution in [3.05, 3.63) is 59.7 Å². The molecular formula is C19H23NO. The number of ether oxygens (including phenoxy) is 1. The number of methoxy groups -OCH3 is 1. The van der Waals surface area contributed by atoms with E-state index < -0.39 is 0 Å². The smallest absolute Gasteiger partial charge is 0.119 e. The first-order valence-corrected chi connectivity index (χ1v) is 7.78. The molecule has 0 atom stereocenters. The summed E-state index contributed by atoms with van der Waals surface area (Å²) in [5.41, 5.74) is 4.03. The fourth-order valence-electron chi connectivity index (χ4n) is 2.98. The Bertz CT molecular complexity index is 585. The fourth-order valence-corrected chi connectivity index (χ4v) is 2.98. The summed E-state index contributed by atoms with van der Waals surface area (Å²) in [5.74, 6) is 1.62. The molecular weight excluding hydrogens is 258 g/mol. The third-order valence-electron chi connectivity index (χ3n) is 4.44. The van der Waals surface area contributed by atoms with Gasteiger partial charge in [0.15, 0.2) is 0 Å². The predicted molar refractivity (Wildman–Crippen MR) is 88.2 cm³/mol. The standard InChI is InChI=1S/C19H23NO/c1-3-14-7-9-17(10-8-14)20-18-11-16(12-18)15-5-4-6-19(13-15)21-2/h4-10,13,16,18,20H,3,11-12H2,1-2H3. The molecule has 0 amide bonds. The average Bonchev–Trinajstić information content (AvgIpc) is 2.51. The molecule has 2 aromatic carbocycles. The monoisotopic (exact) mass is 281 g/mol. The van der Waals surface area contributed by atoms with Crippen LogP contribution in [0.1, 0.15) is 36.8 Å². The lowest BCUT2D eigenvalue weighted by atomic mass is 9.75. The summed E-state index contributed by atoms with van der Waals surface area (Å²) in [6.45, 7) is 2.19. The van der Waals surface area contributed by atoms with Gasteiger partial charge in [0.25, 0.3) is 0 Å². The van der Waals surface area contributed by atoms with Crippen molar-refractivity contribution in [2.45, 2.75) is 38.1 Å². The predicted octanol–water partition coefficient (Wildman–Crippen LogP) is 4.62. The first-order chi connectivity index (χ1) is 10.3. The number of anilines is 1. The van der Waals surface area contributed by atoms with Crippen LogP contribution in [0.3, 0.4) is 0 Å².